The maximum absolute atomic E-state index is 11.7. The highest BCUT2D eigenvalue weighted by Crippen LogP contribution is 2.22. The van der Waals surface area contributed by atoms with Crippen molar-refractivity contribution >= 4 is 52.8 Å². The molecule has 0 aliphatic rings. The number of hydrazone groups is 1. The van der Waals surface area contributed by atoms with E-state index in [0.717, 1.165) is 5.56 Å². The largest absolute Gasteiger partial charge is 0.272 e. The van der Waals surface area contributed by atoms with E-state index in [4.69, 9.17) is 23.2 Å². The number of carbonyl (C=O) groups is 1. The number of rotatable bonds is 7. The molecular formula is C16H13Cl2N3O3S. The number of carbonyl (C=O) groups excluding carboxylic acids is 1. The molecule has 0 saturated heterocycles. The van der Waals surface area contributed by atoms with Gasteiger partial charge in [0.15, 0.2) is 0 Å². The molecule has 1 amide bonds. The lowest BCUT2D eigenvalue weighted by atomic mass is 10.2. The molecule has 130 valence electrons. The number of benzene rings is 2. The minimum absolute atomic E-state index is 0.0408. The van der Waals surface area contributed by atoms with Gasteiger partial charge >= 0.3 is 0 Å². The Labute approximate surface area is 158 Å². The summed E-state index contributed by atoms with van der Waals surface area (Å²) >= 11 is 13.4. The van der Waals surface area contributed by atoms with Crippen LogP contribution in [0.25, 0.3) is 0 Å². The first-order valence-corrected chi connectivity index (χ1v) is 8.95. The van der Waals surface area contributed by atoms with Crippen molar-refractivity contribution in [3.63, 3.8) is 0 Å². The number of nitro groups is 1. The summed E-state index contributed by atoms with van der Waals surface area (Å²) in [6, 6.07) is 11.3. The third-order valence-electron chi connectivity index (χ3n) is 3.03. The van der Waals surface area contributed by atoms with E-state index >= 15 is 0 Å². The molecule has 6 nitrogen and oxygen atoms in total. The topological polar surface area (TPSA) is 84.6 Å². The van der Waals surface area contributed by atoms with Crippen molar-refractivity contribution in [2.75, 3.05) is 5.75 Å². The van der Waals surface area contributed by atoms with Crippen LogP contribution in [0.5, 0.6) is 0 Å². The van der Waals surface area contributed by atoms with Gasteiger partial charge in [-0.25, -0.2) is 5.43 Å². The number of halogens is 2. The van der Waals surface area contributed by atoms with Gasteiger partial charge in [0, 0.05) is 23.4 Å². The van der Waals surface area contributed by atoms with Gasteiger partial charge in [-0.1, -0.05) is 41.4 Å². The molecule has 0 spiro atoms. The first-order chi connectivity index (χ1) is 12.0. The number of hydrogen-bond donors (Lipinski definition) is 1. The summed E-state index contributed by atoms with van der Waals surface area (Å²) in [5.74, 6) is 0.488. The van der Waals surface area contributed by atoms with Crippen molar-refractivity contribution in [1.29, 1.82) is 0 Å². The summed E-state index contributed by atoms with van der Waals surface area (Å²) in [5, 5.41) is 15.3. The first-order valence-electron chi connectivity index (χ1n) is 7.04. The smallest absolute Gasteiger partial charge is 0.269 e. The van der Waals surface area contributed by atoms with Crippen LogP contribution in [0.15, 0.2) is 47.6 Å². The lowest BCUT2D eigenvalue weighted by molar-refractivity contribution is -0.384. The van der Waals surface area contributed by atoms with Gasteiger partial charge in [-0.15, -0.1) is 11.8 Å². The molecule has 0 unspecified atom stereocenters. The molecule has 9 heteroatoms. The fourth-order valence-electron chi connectivity index (χ4n) is 1.81. The van der Waals surface area contributed by atoms with Crippen LogP contribution in [-0.2, 0) is 10.5 Å². The average molecular weight is 398 g/mol. The van der Waals surface area contributed by atoms with Crippen LogP contribution in [0.4, 0.5) is 5.69 Å². The van der Waals surface area contributed by atoms with Crippen molar-refractivity contribution in [2.45, 2.75) is 5.75 Å². The molecule has 0 fully saturated rings. The maximum Gasteiger partial charge on any atom is 0.269 e. The van der Waals surface area contributed by atoms with Gasteiger partial charge in [-0.2, -0.15) is 5.10 Å². The molecule has 0 aromatic heterocycles. The summed E-state index contributed by atoms with van der Waals surface area (Å²) in [6.45, 7) is 0. The highest BCUT2D eigenvalue weighted by atomic mass is 35.5. The summed E-state index contributed by atoms with van der Waals surface area (Å²) in [4.78, 5) is 21.9. The minimum atomic E-state index is -0.451. The highest BCUT2D eigenvalue weighted by Gasteiger charge is 2.06. The van der Waals surface area contributed by atoms with Gasteiger partial charge in [-0.3, -0.25) is 14.9 Å². The normalized spacial score (nSPS) is 10.8. The Bertz CT molecular complexity index is 777. The summed E-state index contributed by atoms with van der Waals surface area (Å²) in [7, 11) is 0. The predicted octanol–water partition coefficient (Wildman–Crippen LogP) is 4.29. The SMILES string of the molecule is O=C(CSCc1ccc([N+](=O)[O-])cc1)N/N=C\c1c(Cl)cccc1Cl. The van der Waals surface area contributed by atoms with Crippen LogP contribution >= 0.6 is 35.0 Å². The van der Waals surface area contributed by atoms with Crippen molar-refractivity contribution in [1.82, 2.24) is 5.43 Å². The number of non-ortho nitro benzene ring substituents is 1. The monoisotopic (exact) mass is 397 g/mol. The molecule has 0 heterocycles. The van der Waals surface area contributed by atoms with E-state index in [1.807, 2.05) is 0 Å². The number of nitrogens with one attached hydrogen (secondary N) is 1. The molecule has 2 aromatic carbocycles. The Morgan fingerprint density at radius 3 is 2.44 bits per heavy atom. The second kappa shape index (κ2) is 9.41. The third kappa shape index (κ3) is 6.04. The van der Waals surface area contributed by atoms with Crippen molar-refractivity contribution < 1.29 is 9.72 Å². The van der Waals surface area contributed by atoms with Gasteiger partial charge in [-0.05, 0) is 17.7 Å². The van der Waals surface area contributed by atoms with Crippen LogP contribution in [0.3, 0.4) is 0 Å². The molecule has 25 heavy (non-hydrogen) atoms. The van der Waals surface area contributed by atoms with E-state index in [9.17, 15) is 14.9 Å². The lowest BCUT2D eigenvalue weighted by Crippen LogP contribution is -2.19. The van der Waals surface area contributed by atoms with Crippen LogP contribution in [-0.4, -0.2) is 22.8 Å². The Kier molecular flexibility index (Phi) is 7.24. The van der Waals surface area contributed by atoms with E-state index in [0.29, 0.717) is 21.4 Å². The molecule has 1 N–H and O–H groups in total. The third-order valence-corrected chi connectivity index (χ3v) is 4.69. The Morgan fingerprint density at radius 2 is 1.84 bits per heavy atom. The Hall–Kier alpha value is -2.09. The number of amides is 1. The van der Waals surface area contributed by atoms with Crippen LogP contribution in [0.1, 0.15) is 11.1 Å². The van der Waals surface area contributed by atoms with Gasteiger partial charge in [0.25, 0.3) is 5.69 Å². The maximum atomic E-state index is 11.7. The molecule has 0 atom stereocenters. The van der Waals surface area contributed by atoms with E-state index in [-0.39, 0.29) is 17.3 Å². The predicted molar refractivity (Wildman–Crippen MR) is 101 cm³/mol. The van der Waals surface area contributed by atoms with Crippen LogP contribution in [0, 0.1) is 10.1 Å². The quantitative estimate of drug-likeness (QED) is 0.429. The van der Waals surface area contributed by atoms with E-state index in [1.54, 1.807) is 30.3 Å². The van der Waals surface area contributed by atoms with Gasteiger partial charge in [0.2, 0.25) is 5.91 Å². The van der Waals surface area contributed by atoms with Crippen molar-refractivity contribution in [3.8, 4) is 0 Å². The summed E-state index contributed by atoms with van der Waals surface area (Å²) < 4.78 is 0. The summed E-state index contributed by atoms with van der Waals surface area (Å²) in [6.07, 6.45) is 1.39. The Balaban J connectivity index is 1.77. The average Bonchev–Trinajstić information content (AvgIpc) is 2.58. The second-order valence-electron chi connectivity index (χ2n) is 4.84. The molecule has 0 bridgehead atoms. The van der Waals surface area contributed by atoms with Gasteiger partial charge in [0.1, 0.15) is 0 Å². The highest BCUT2D eigenvalue weighted by molar-refractivity contribution is 7.99. The fourth-order valence-corrected chi connectivity index (χ4v) is 3.09. The molecule has 2 rings (SSSR count). The number of thioether (sulfide) groups is 1. The van der Waals surface area contributed by atoms with Crippen molar-refractivity contribution in [2.24, 2.45) is 5.10 Å². The summed E-state index contributed by atoms with van der Waals surface area (Å²) in [5.41, 5.74) is 3.87. The number of nitrogens with zero attached hydrogens (tertiary/aromatic N) is 2. The van der Waals surface area contributed by atoms with Gasteiger partial charge < -0.3 is 0 Å². The van der Waals surface area contributed by atoms with Crippen molar-refractivity contribution in [3.05, 3.63) is 73.8 Å². The molecule has 0 saturated carbocycles. The number of nitro benzene ring substituents is 1. The molecule has 0 aliphatic heterocycles. The second-order valence-corrected chi connectivity index (χ2v) is 6.64. The minimum Gasteiger partial charge on any atom is -0.272 e. The first kappa shape index (κ1) is 19.2. The number of hydrogen-bond acceptors (Lipinski definition) is 5. The zero-order chi connectivity index (χ0) is 18.2. The molecular weight excluding hydrogens is 385 g/mol. The fraction of sp³-hybridized carbons (Fsp3) is 0.125. The zero-order valence-electron chi connectivity index (χ0n) is 12.8. The molecule has 0 aliphatic carbocycles. The van der Waals surface area contributed by atoms with E-state index in [1.165, 1.54) is 30.1 Å². The zero-order valence-corrected chi connectivity index (χ0v) is 15.1. The van der Waals surface area contributed by atoms with E-state index < -0.39 is 4.92 Å². The van der Waals surface area contributed by atoms with Gasteiger partial charge in [0.05, 0.1) is 26.9 Å². The standard InChI is InChI=1S/C16H13Cl2N3O3S/c17-14-2-1-3-15(18)13(14)8-19-20-16(22)10-25-9-11-4-6-12(7-5-11)21(23)24/h1-8H,9-10H2,(H,20,22)/b19-8-. The molecule has 2 aromatic rings. The lowest BCUT2D eigenvalue weighted by Gasteiger charge is -2.02. The van der Waals surface area contributed by atoms with Crippen LogP contribution in [0.2, 0.25) is 10.0 Å². The Morgan fingerprint density at radius 1 is 1.20 bits per heavy atom. The molecule has 0 radical (unpaired) electrons. The van der Waals surface area contributed by atoms with Crippen LogP contribution < -0.4 is 5.43 Å². The van der Waals surface area contributed by atoms with E-state index in [2.05, 4.69) is 10.5 Å².